The van der Waals surface area contributed by atoms with Crippen LogP contribution in [0, 0.1) is 38.5 Å². The lowest BCUT2D eigenvalue weighted by Crippen LogP contribution is -2.49. The van der Waals surface area contributed by atoms with Gasteiger partial charge in [0.1, 0.15) is 11.4 Å². The van der Waals surface area contributed by atoms with E-state index in [1.165, 1.54) is 47.9 Å². The second kappa shape index (κ2) is 11.5. The molecule has 31 heavy (non-hydrogen) atoms. The van der Waals surface area contributed by atoms with E-state index in [0.29, 0.717) is 12.3 Å². The van der Waals surface area contributed by atoms with Gasteiger partial charge in [0.2, 0.25) is 0 Å². The van der Waals surface area contributed by atoms with Crippen molar-refractivity contribution in [1.82, 2.24) is 0 Å². The van der Waals surface area contributed by atoms with Crippen LogP contribution < -0.4 is 4.74 Å². The number of benzene rings is 1. The molecular formula is C29H48O2. The molecule has 176 valence electrons. The van der Waals surface area contributed by atoms with Crippen molar-refractivity contribution in [3.63, 3.8) is 0 Å². The first-order chi connectivity index (χ1) is 14.5. The highest BCUT2D eigenvalue weighted by atomic mass is 16.5. The molecule has 2 nitrogen and oxygen atoms in total. The van der Waals surface area contributed by atoms with Gasteiger partial charge in [-0.05, 0) is 87.8 Å². The number of aliphatic hydroxyl groups is 1. The molecule has 0 aromatic heterocycles. The standard InChI is InChI=1S/C29H48O2/c1-20(2)12-9-13-21(3)14-10-15-22(4)16-11-17-29(8)27(30)19-26-24(6)18-23(5)25(7)28(26)31-29/h10,15,18,20-22,27,30H,9,11-14,16-17,19H2,1-8H3. The molecule has 0 fully saturated rings. The Hall–Kier alpha value is -1.28. The number of ether oxygens (including phenoxy) is 1. The van der Waals surface area contributed by atoms with Crippen molar-refractivity contribution in [2.75, 3.05) is 0 Å². The van der Waals surface area contributed by atoms with Gasteiger partial charge in [-0.25, -0.2) is 0 Å². The van der Waals surface area contributed by atoms with Crippen molar-refractivity contribution in [2.24, 2.45) is 17.8 Å². The lowest BCUT2D eigenvalue weighted by molar-refractivity contribution is -0.0614. The third kappa shape index (κ3) is 7.38. The van der Waals surface area contributed by atoms with Crippen molar-refractivity contribution in [2.45, 2.75) is 118 Å². The van der Waals surface area contributed by atoms with Crippen molar-refractivity contribution >= 4 is 0 Å². The maximum Gasteiger partial charge on any atom is 0.132 e. The molecule has 1 N–H and O–H groups in total. The summed E-state index contributed by atoms with van der Waals surface area (Å²) < 4.78 is 6.50. The van der Waals surface area contributed by atoms with Crippen LogP contribution >= 0.6 is 0 Å². The predicted molar refractivity (Wildman–Crippen MR) is 134 cm³/mol. The molecule has 4 unspecified atom stereocenters. The van der Waals surface area contributed by atoms with Crippen LogP contribution in [0.5, 0.6) is 5.75 Å². The molecule has 0 radical (unpaired) electrons. The topological polar surface area (TPSA) is 29.5 Å². The van der Waals surface area contributed by atoms with E-state index in [1.807, 2.05) is 0 Å². The van der Waals surface area contributed by atoms with E-state index in [1.54, 1.807) is 0 Å². The predicted octanol–water partition coefficient (Wildman–Crippen LogP) is 7.88. The highest BCUT2D eigenvalue weighted by Crippen LogP contribution is 2.41. The largest absolute Gasteiger partial charge is 0.484 e. The maximum absolute atomic E-state index is 10.9. The third-order valence-electron chi connectivity index (χ3n) is 7.37. The van der Waals surface area contributed by atoms with Crippen molar-refractivity contribution in [3.8, 4) is 5.75 Å². The normalized spacial score (nSPS) is 23.1. The molecule has 4 atom stereocenters. The highest BCUT2D eigenvalue weighted by molar-refractivity contribution is 5.51. The third-order valence-corrected chi connectivity index (χ3v) is 7.37. The molecule has 0 saturated carbocycles. The van der Waals surface area contributed by atoms with Gasteiger partial charge in [0, 0.05) is 12.0 Å². The minimum atomic E-state index is -0.494. The Morgan fingerprint density at radius 2 is 1.77 bits per heavy atom. The number of aliphatic hydroxyl groups excluding tert-OH is 1. The molecule has 1 heterocycles. The zero-order valence-electron chi connectivity index (χ0n) is 21.6. The fourth-order valence-electron chi connectivity index (χ4n) is 4.83. The molecule has 1 aliphatic rings. The summed E-state index contributed by atoms with van der Waals surface area (Å²) in [6.45, 7) is 17.8. The summed E-state index contributed by atoms with van der Waals surface area (Å²) in [6, 6.07) is 2.21. The minimum Gasteiger partial charge on any atom is -0.484 e. The van der Waals surface area contributed by atoms with E-state index in [0.717, 1.165) is 36.8 Å². The number of allylic oxidation sites excluding steroid dienone is 2. The van der Waals surface area contributed by atoms with Gasteiger partial charge < -0.3 is 9.84 Å². The Morgan fingerprint density at radius 3 is 2.45 bits per heavy atom. The number of rotatable bonds is 11. The van der Waals surface area contributed by atoms with Crippen LogP contribution in [0.3, 0.4) is 0 Å². The SMILES string of the molecule is Cc1cc(C)c2c(c1C)OC(C)(CCCC(C)C=CCC(C)CCCC(C)C)C(O)C2. The van der Waals surface area contributed by atoms with E-state index >= 15 is 0 Å². The molecule has 0 aliphatic carbocycles. The van der Waals surface area contributed by atoms with E-state index in [9.17, 15) is 5.11 Å². The quantitative estimate of drug-likeness (QED) is 0.363. The fraction of sp³-hybridized carbons (Fsp3) is 0.724. The van der Waals surface area contributed by atoms with E-state index in [-0.39, 0.29) is 0 Å². The van der Waals surface area contributed by atoms with Gasteiger partial charge in [0.15, 0.2) is 0 Å². The molecule has 0 spiro atoms. The highest BCUT2D eigenvalue weighted by Gasteiger charge is 2.40. The summed E-state index contributed by atoms with van der Waals surface area (Å²) in [7, 11) is 0. The zero-order chi connectivity index (χ0) is 23.2. The lowest BCUT2D eigenvalue weighted by Gasteiger charge is -2.41. The fourth-order valence-corrected chi connectivity index (χ4v) is 4.83. The van der Waals surface area contributed by atoms with Gasteiger partial charge in [-0.2, -0.15) is 0 Å². The summed E-state index contributed by atoms with van der Waals surface area (Å²) in [6.07, 6.45) is 13.4. The molecule has 2 heteroatoms. The second-order valence-electron chi connectivity index (χ2n) is 11.0. The minimum absolute atomic E-state index is 0.446. The Kier molecular flexibility index (Phi) is 9.67. The monoisotopic (exact) mass is 428 g/mol. The number of fused-ring (bicyclic) bond motifs is 1. The second-order valence-corrected chi connectivity index (χ2v) is 11.0. The molecule has 2 rings (SSSR count). The summed E-state index contributed by atoms with van der Waals surface area (Å²) in [5, 5.41) is 10.9. The first kappa shape index (κ1) is 26.0. The molecule has 1 aromatic carbocycles. The van der Waals surface area contributed by atoms with Crippen LogP contribution in [0.25, 0.3) is 0 Å². The summed E-state index contributed by atoms with van der Waals surface area (Å²) in [4.78, 5) is 0. The van der Waals surface area contributed by atoms with Gasteiger partial charge in [0.05, 0.1) is 6.10 Å². The van der Waals surface area contributed by atoms with Crippen LogP contribution in [0.4, 0.5) is 0 Å². The van der Waals surface area contributed by atoms with Gasteiger partial charge >= 0.3 is 0 Å². The van der Waals surface area contributed by atoms with Crippen molar-refractivity contribution in [1.29, 1.82) is 0 Å². The van der Waals surface area contributed by atoms with Crippen LogP contribution in [0.2, 0.25) is 0 Å². The molecule has 1 aromatic rings. The van der Waals surface area contributed by atoms with Crippen molar-refractivity contribution < 1.29 is 9.84 Å². The van der Waals surface area contributed by atoms with Gasteiger partial charge in [-0.3, -0.25) is 0 Å². The number of hydrogen-bond donors (Lipinski definition) is 1. The summed E-state index contributed by atoms with van der Waals surface area (Å²) >= 11 is 0. The molecule has 0 bridgehead atoms. The molecular weight excluding hydrogens is 380 g/mol. The first-order valence-electron chi connectivity index (χ1n) is 12.7. The van der Waals surface area contributed by atoms with Crippen molar-refractivity contribution in [3.05, 3.63) is 40.5 Å². The molecule has 1 aliphatic heterocycles. The summed E-state index contributed by atoms with van der Waals surface area (Å²) in [5.41, 5.74) is 4.42. The van der Waals surface area contributed by atoms with Gasteiger partial charge in [-0.15, -0.1) is 0 Å². The average molecular weight is 429 g/mol. The van der Waals surface area contributed by atoms with Crippen LogP contribution in [0.1, 0.15) is 102 Å². The maximum atomic E-state index is 10.9. The molecule has 0 saturated heterocycles. The van der Waals surface area contributed by atoms with E-state index in [2.05, 4.69) is 73.6 Å². The average Bonchev–Trinajstić information content (AvgIpc) is 2.67. The van der Waals surface area contributed by atoms with Crippen LogP contribution in [0.15, 0.2) is 18.2 Å². The Labute approximate surface area is 192 Å². The Balaban J connectivity index is 1.82. The van der Waals surface area contributed by atoms with E-state index < -0.39 is 11.7 Å². The zero-order valence-corrected chi connectivity index (χ0v) is 21.6. The van der Waals surface area contributed by atoms with Gasteiger partial charge in [0.25, 0.3) is 0 Å². The number of hydrogen-bond acceptors (Lipinski definition) is 2. The Morgan fingerprint density at radius 1 is 1.06 bits per heavy atom. The molecule has 0 amide bonds. The Bertz CT molecular complexity index is 733. The lowest BCUT2D eigenvalue weighted by atomic mass is 9.82. The van der Waals surface area contributed by atoms with Gasteiger partial charge in [-0.1, -0.05) is 65.2 Å². The van der Waals surface area contributed by atoms with Crippen LogP contribution in [-0.4, -0.2) is 16.8 Å². The first-order valence-corrected chi connectivity index (χ1v) is 12.7. The van der Waals surface area contributed by atoms with E-state index in [4.69, 9.17) is 4.74 Å². The number of aryl methyl sites for hydroxylation is 2. The summed E-state index contributed by atoms with van der Waals surface area (Å²) in [5.74, 6) is 3.19. The van der Waals surface area contributed by atoms with Crippen LogP contribution in [-0.2, 0) is 6.42 Å². The smallest absolute Gasteiger partial charge is 0.132 e.